The standard InChI is InChI=1S/C31H38N2O5/c34-18-9-3-8-17-32-27(20-23-11-4-1-5-12-23)29(36)30(37)28(21-24-13-6-2-7-14-24)33(31(32)38)22-25-15-10-16-26(35)19-25/h1-2,4-7,10-16,19,27-30,34-37H,3,8-9,17-18,20-22H2/t27-,28-,29+,30-/m1/s1. The fourth-order valence-corrected chi connectivity index (χ4v) is 5.31. The third kappa shape index (κ3) is 6.92. The van der Waals surface area contributed by atoms with Gasteiger partial charge in [0.05, 0.1) is 12.1 Å². The second-order valence-corrected chi connectivity index (χ2v) is 10.1. The van der Waals surface area contributed by atoms with Crippen molar-refractivity contribution >= 4 is 6.03 Å². The van der Waals surface area contributed by atoms with Crippen LogP contribution in [0.15, 0.2) is 84.9 Å². The van der Waals surface area contributed by atoms with Crippen LogP contribution < -0.4 is 0 Å². The van der Waals surface area contributed by atoms with E-state index < -0.39 is 24.3 Å². The maximum Gasteiger partial charge on any atom is 0.321 e. The summed E-state index contributed by atoms with van der Waals surface area (Å²) in [5, 5.41) is 42.5. The van der Waals surface area contributed by atoms with Crippen LogP contribution in [0.3, 0.4) is 0 Å². The number of carbonyl (C=O) groups is 1. The number of unbranched alkanes of at least 4 members (excludes halogenated alkanes) is 2. The van der Waals surface area contributed by atoms with Crippen LogP contribution in [0.25, 0.3) is 0 Å². The van der Waals surface area contributed by atoms with Gasteiger partial charge in [-0.2, -0.15) is 0 Å². The van der Waals surface area contributed by atoms with Gasteiger partial charge < -0.3 is 30.2 Å². The number of amides is 2. The Bertz CT molecular complexity index is 1140. The molecule has 202 valence electrons. The number of hydrogen-bond acceptors (Lipinski definition) is 5. The largest absolute Gasteiger partial charge is 0.508 e. The molecular formula is C31H38N2O5. The van der Waals surface area contributed by atoms with Crippen LogP contribution in [0.5, 0.6) is 5.75 Å². The summed E-state index contributed by atoms with van der Waals surface area (Å²) in [7, 11) is 0. The average Bonchev–Trinajstić information content (AvgIpc) is 2.99. The topological polar surface area (TPSA) is 104 Å². The summed E-state index contributed by atoms with van der Waals surface area (Å²) in [6, 6.07) is 24.6. The first-order valence-corrected chi connectivity index (χ1v) is 13.4. The Balaban J connectivity index is 1.73. The van der Waals surface area contributed by atoms with Crippen molar-refractivity contribution < 1.29 is 25.2 Å². The normalized spacial score (nSPS) is 21.9. The molecule has 7 heteroatoms. The molecule has 38 heavy (non-hydrogen) atoms. The maximum atomic E-state index is 14.3. The van der Waals surface area contributed by atoms with Crippen molar-refractivity contribution in [3.8, 4) is 5.75 Å². The second-order valence-electron chi connectivity index (χ2n) is 10.1. The number of aromatic hydroxyl groups is 1. The number of aliphatic hydroxyl groups excluding tert-OH is 3. The summed E-state index contributed by atoms with van der Waals surface area (Å²) in [5.41, 5.74) is 2.66. The van der Waals surface area contributed by atoms with Crippen LogP contribution in [-0.2, 0) is 19.4 Å². The lowest BCUT2D eigenvalue weighted by molar-refractivity contribution is -0.0402. The van der Waals surface area contributed by atoms with E-state index in [4.69, 9.17) is 0 Å². The molecule has 0 spiro atoms. The third-order valence-electron chi connectivity index (χ3n) is 7.33. The minimum Gasteiger partial charge on any atom is -0.508 e. The number of nitrogens with zero attached hydrogens (tertiary/aromatic N) is 2. The highest BCUT2D eigenvalue weighted by atomic mass is 16.3. The van der Waals surface area contributed by atoms with Gasteiger partial charge in [0.15, 0.2) is 0 Å². The molecular weight excluding hydrogens is 480 g/mol. The molecule has 4 N–H and O–H groups in total. The van der Waals surface area contributed by atoms with Crippen molar-refractivity contribution in [1.29, 1.82) is 0 Å². The van der Waals surface area contributed by atoms with E-state index in [0.717, 1.165) is 23.1 Å². The van der Waals surface area contributed by atoms with E-state index in [1.807, 2.05) is 66.7 Å². The van der Waals surface area contributed by atoms with Crippen molar-refractivity contribution in [2.45, 2.75) is 62.9 Å². The number of urea groups is 1. The molecule has 0 saturated carbocycles. The van der Waals surface area contributed by atoms with Crippen LogP contribution in [0.4, 0.5) is 4.79 Å². The Labute approximate surface area is 224 Å². The first-order chi connectivity index (χ1) is 18.5. The molecule has 1 aliphatic heterocycles. The van der Waals surface area contributed by atoms with Gasteiger partial charge >= 0.3 is 6.03 Å². The number of carbonyl (C=O) groups excluding carboxylic acids is 1. The molecule has 0 unspecified atom stereocenters. The van der Waals surface area contributed by atoms with E-state index in [9.17, 15) is 25.2 Å². The van der Waals surface area contributed by atoms with E-state index in [1.165, 1.54) is 0 Å². The predicted molar refractivity (Wildman–Crippen MR) is 147 cm³/mol. The molecule has 0 aromatic heterocycles. The first kappa shape index (κ1) is 27.6. The maximum absolute atomic E-state index is 14.3. The zero-order chi connectivity index (χ0) is 26.9. The molecule has 3 aromatic rings. The van der Waals surface area contributed by atoms with E-state index in [2.05, 4.69) is 0 Å². The molecule has 4 atom stereocenters. The van der Waals surface area contributed by atoms with Crippen molar-refractivity contribution in [2.24, 2.45) is 0 Å². The molecule has 3 aromatic carbocycles. The molecule has 7 nitrogen and oxygen atoms in total. The molecule has 1 aliphatic rings. The Morgan fingerprint density at radius 3 is 1.76 bits per heavy atom. The Hall–Kier alpha value is -3.39. The molecule has 2 amide bonds. The van der Waals surface area contributed by atoms with Crippen LogP contribution >= 0.6 is 0 Å². The minimum atomic E-state index is -1.19. The minimum absolute atomic E-state index is 0.0888. The average molecular weight is 519 g/mol. The van der Waals surface area contributed by atoms with E-state index in [0.29, 0.717) is 32.2 Å². The quantitative estimate of drug-likeness (QED) is 0.290. The molecule has 0 radical (unpaired) electrons. The van der Waals surface area contributed by atoms with E-state index in [1.54, 1.807) is 28.0 Å². The van der Waals surface area contributed by atoms with Gasteiger partial charge in [0.2, 0.25) is 0 Å². The van der Waals surface area contributed by atoms with Gasteiger partial charge in [0, 0.05) is 19.7 Å². The van der Waals surface area contributed by atoms with Gasteiger partial charge in [-0.05, 0) is 60.9 Å². The van der Waals surface area contributed by atoms with Crippen LogP contribution in [0.1, 0.15) is 36.0 Å². The summed E-state index contributed by atoms with van der Waals surface area (Å²) in [4.78, 5) is 17.7. The highest BCUT2D eigenvalue weighted by molar-refractivity contribution is 5.76. The summed E-state index contributed by atoms with van der Waals surface area (Å²) in [6.07, 6.45) is 0.483. The number of benzene rings is 3. The SMILES string of the molecule is O=C1N(CCCCCO)[C@H](Cc2ccccc2)[C@H](O)[C@H](O)[C@@H](Cc2ccccc2)N1Cc1cccc(O)c1. The summed E-state index contributed by atoms with van der Waals surface area (Å²) in [5.74, 6) is 0.104. The second kappa shape index (κ2) is 13.4. The molecule has 0 bridgehead atoms. The Morgan fingerprint density at radius 1 is 0.658 bits per heavy atom. The zero-order valence-corrected chi connectivity index (χ0v) is 21.6. The lowest BCUT2D eigenvalue weighted by Gasteiger charge is -2.36. The number of aliphatic hydroxyl groups is 3. The van der Waals surface area contributed by atoms with Crippen LogP contribution in [-0.4, -0.2) is 73.7 Å². The number of hydrogen-bond donors (Lipinski definition) is 4. The fraction of sp³-hybridized carbons (Fsp3) is 0.387. The zero-order valence-electron chi connectivity index (χ0n) is 21.6. The fourth-order valence-electron chi connectivity index (χ4n) is 5.31. The van der Waals surface area contributed by atoms with Crippen molar-refractivity contribution in [3.63, 3.8) is 0 Å². The lowest BCUT2D eigenvalue weighted by atomic mass is 9.91. The smallest absolute Gasteiger partial charge is 0.321 e. The summed E-state index contributed by atoms with van der Waals surface area (Å²) < 4.78 is 0. The van der Waals surface area contributed by atoms with Gasteiger partial charge in [0.1, 0.15) is 18.0 Å². The van der Waals surface area contributed by atoms with Crippen molar-refractivity contribution in [1.82, 2.24) is 9.80 Å². The molecule has 1 heterocycles. The monoisotopic (exact) mass is 518 g/mol. The molecule has 1 fully saturated rings. The first-order valence-electron chi connectivity index (χ1n) is 13.4. The van der Waals surface area contributed by atoms with Crippen molar-refractivity contribution in [3.05, 3.63) is 102 Å². The molecule has 0 aliphatic carbocycles. The highest BCUT2D eigenvalue weighted by Crippen LogP contribution is 2.29. The summed E-state index contributed by atoms with van der Waals surface area (Å²) in [6.45, 7) is 0.667. The molecule has 1 saturated heterocycles. The molecule has 4 rings (SSSR count). The number of rotatable bonds is 11. The van der Waals surface area contributed by atoms with Gasteiger partial charge in [0.25, 0.3) is 0 Å². The Morgan fingerprint density at radius 2 is 1.21 bits per heavy atom. The lowest BCUT2D eigenvalue weighted by Crippen LogP contribution is -2.51. The number of phenols is 1. The van der Waals surface area contributed by atoms with Crippen LogP contribution in [0.2, 0.25) is 0 Å². The van der Waals surface area contributed by atoms with Gasteiger partial charge in [-0.15, -0.1) is 0 Å². The van der Waals surface area contributed by atoms with Gasteiger partial charge in [-0.3, -0.25) is 0 Å². The summed E-state index contributed by atoms with van der Waals surface area (Å²) >= 11 is 0. The van der Waals surface area contributed by atoms with Gasteiger partial charge in [-0.25, -0.2) is 4.79 Å². The van der Waals surface area contributed by atoms with Crippen LogP contribution in [0, 0.1) is 0 Å². The predicted octanol–water partition coefficient (Wildman–Crippen LogP) is 3.74. The Kier molecular flexibility index (Phi) is 9.76. The third-order valence-corrected chi connectivity index (χ3v) is 7.33. The van der Waals surface area contributed by atoms with Gasteiger partial charge in [-0.1, -0.05) is 72.8 Å². The number of phenolic OH excluding ortho intramolecular Hbond substituents is 1. The highest BCUT2D eigenvalue weighted by Gasteiger charge is 2.46. The van der Waals surface area contributed by atoms with Crippen molar-refractivity contribution in [2.75, 3.05) is 13.2 Å². The van der Waals surface area contributed by atoms with E-state index >= 15 is 0 Å². The van der Waals surface area contributed by atoms with E-state index in [-0.39, 0.29) is 24.9 Å².